The first-order chi connectivity index (χ1) is 11.0. The molecule has 1 aromatic heterocycles. The third-order valence-electron chi connectivity index (χ3n) is 3.82. The fourth-order valence-corrected chi connectivity index (χ4v) is 2.73. The third kappa shape index (κ3) is 5.15. The molecule has 5 heteroatoms. The van der Waals surface area contributed by atoms with Gasteiger partial charge in [0.2, 0.25) is 0 Å². The van der Waals surface area contributed by atoms with Crippen LogP contribution in [-0.4, -0.2) is 32.6 Å². The highest BCUT2D eigenvalue weighted by Crippen LogP contribution is 2.17. The number of aryl methyl sites for hydroxylation is 1. The van der Waals surface area contributed by atoms with Gasteiger partial charge in [-0.1, -0.05) is 26.0 Å². The van der Waals surface area contributed by atoms with Gasteiger partial charge in [-0.05, 0) is 30.5 Å². The Kier molecular flexibility index (Phi) is 6.30. The van der Waals surface area contributed by atoms with E-state index in [-0.39, 0.29) is 5.82 Å². The van der Waals surface area contributed by atoms with Crippen LogP contribution in [0.3, 0.4) is 0 Å². The maximum Gasteiger partial charge on any atom is 0.123 e. The van der Waals surface area contributed by atoms with E-state index in [4.69, 9.17) is 0 Å². The normalized spacial score (nSPS) is 13.0. The fraction of sp³-hybridized carbons (Fsp3) is 0.500. The van der Waals surface area contributed by atoms with Gasteiger partial charge in [0.05, 0.1) is 12.6 Å². The van der Waals surface area contributed by atoms with E-state index < -0.39 is 6.10 Å². The predicted molar refractivity (Wildman–Crippen MR) is 89.4 cm³/mol. The first-order valence-corrected chi connectivity index (χ1v) is 8.15. The minimum absolute atomic E-state index is 0.287. The number of benzene rings is 1. The summed E-state index contributed by atoms with van der Waals surface area (Å²) in [6.45, 7) is 9.34. The maximum atomic E-state index is 13.0. The van der Waals surface area contributed by atoms with E-state index in [1.807, 2.05) is 12.4 Å². The number of hydrogen-bond acceptors (Lipinski definition) is 3. The van der Waals surface area contributed by atoms with Crippen molar-refractivity contribution in [3.63, 3.8) is 0 Å². The molecule has 1 N–H and O–H groups in total. The van der Waals surface area contributed by atoms with Gasteiger partial charge in [0.25, 0.3) is 0 Å². The maximum absolute atomic E-state index is 13.0. The van der Waals surface area contributed by atoms with Gasteiger partial charge in [0.15, 0.2) is 0 Å². The van der Waals surface area contributed by atoms with Crippen LogP contribution in [0.2, 0.25) is 0 Å². The standard InChI is InChI=1S/C18H26FN3O/c1-4-22-10-9-20-18(22)13-21(11-14(2)3)12-17(23)15-5-7-16(19)8-6-15/h5-10,14,17,23H,4,11-13H2,1-3H3. The number of hydrogen-bond donors (Lipinski definition) is 1. The molecular formula is C18H26FN3O. The fourth-order valence-electron chi connectivity index (χ4n) is 2.73. The quantitative estimate of drug-likeness (QED) is 0.812. The van der Waals surface area contributed by atoms with Crippen LogP contribution in [0.1, 0.15) is 38.3 Å². The molecule has 0 radical (unpaired) electrons. The average molecular weight is 319 g/mol. The van der Waals surface area contributed by atoms with E-state index >= 15 is 0 Å². The molecule has 0 fully saturated rings. The second kappa shape index (κ2) is 8.22. The monoisotopic (exact) mass is 319 g/mol. The van der Waals surface area contributed by atoms with Crippen LogP contribution in [0, 0.1) is 11.7 Å². The first-order valence-electron chi connectivity index (χ1n) is 8.15. The molecule has 0 saturated heterocycles. The Labute approximate surface area is 137 Å². The molecule has 0 aliphatic heterocycles. The van der Waals surface area contributed by atoms with Gasteiger partial charge in [-0.2, -0.15) is 0 Å². The lowest BCUT2D eigenvalue weighted by atomic mass is 10.1. The van der Waals surface area contributed by atoms with Gasteiger partial charge in [-0.3, -0.25) is 4.90 Å². The molecule has 0 amide bonds. The second-order valence-electron chi connectivity index (χ2n) is 6.28. The average Bonchev–Trinajstić information content (AvgIpc) is 2.94. The van der Waals surface area contributed by atoms with E-state index in [0.717, 1.165) is 24.5 Å². The van der Waals surface area contributed by atoms with Crippen molar-refractivity contribution < 1.29 is 9.50 Å². The van der Waals surface area contributed by atoms with Gasteiger partial charge in [0.1, 0.15) is 11.6 Å². The van der Waals surface area contributed by atoms with E-state index in [1.165, 1.54) is 12.1 Å². The molecule has 1 atom stereocenters. The highest BCUT2D eigenvalue weighted by Gasteiger charge is 2.17. The molecule has 2 rings (SSSR count). The van der Waals surface area contributed by atoms with Crippen LogP contribution in [-0.2, 0) is 13.1 Å². The Morgan fingerprint density at radius 3 is 2.52 bits per heavy atom. The molecule has 2 aromatic rings. The topological polar surface area (TPSA) is 41.3 Å². The predicted octanol–water partition coefficient (Wildman–Crippen LogP) is 3.23. The Bertz CT molecular complexity index is 595. The second-order valence-corrected chi connectivity index (χ2v) is 6.28. The van der Waals surface area contributed by atoms with E-state index in [0.29, 0.717) is 19.0 Å². The molecule has 0 aliphatic carbocycles. The number of halogens is 1. The van der Waals surface area contributed by atoms with Crippen molar-refractivity contribution in [1.82, 2.24) is 14.5 Å². The SMILES string of the molecule is CCn1ccnc1CN(CC(C)C)CC(O)c1ccc(F)cc1. The van der Waals surface area contributed by atoms with Crippen molar-refractivity contribution in [3.8, 4) is 0 Å². The highest BCUT2D eigenvalue weighted by atomic mass is 19.1. The number of rotatable bonds is 8. The highest BCUT2D eigenvalue weighted by molar-refractivity contribution is 5.18. The van der Waals surface area contributed by atoms with Gasteiger partial charge in [-0.15, -0.1) is 0 Å². The molecule has 1 unspecified atom stereocenters. The summed E-state index contributed by atoms with van der Waals surface area (Å²) >= 11 is 0. The summed E-state index contributed by atoms with van der Waals surface area (Å²) in [5.41, 5.74) is 0.735. The summed E-state index contributed by atoms with van der Waals surface area (Å²) in [5, 5.41) is 10.5. The van der Waals surface area contributed by atoms with Gasteiger partial charge < -0.3 is 9.67 Å². The zero-order valence-electron chi connectivity index (χ0n) is 14.1. The molecule has 1 aromatic carbocycles. The van der Waals surface area contributed by atoms with Crippen molar-refractivity contribution in [3.05, 3.63) is 53.9 Å². The first kappa shape index (κ1) is 17.6. The lowest BCUT2D eigenvalue weighted by Gasteiger charge is -2.26. The Morgan fingerprint density at radius 2 is 1.91 bits per heavy atom. The number of aliphatic hydroxyl groups is 1. The van der Waals surface area contributed by atoms with Gasteiger partial charge in [0, 0.05) is 32.0 Å². The number of aromatic nitrogens is 2. The minimum atomic E-state index is -0.639. The lowest BCUT2D eigenvalue weighted by Crippen LogP contribution is -2.32. The van der Waals surface area contributed by atoms with Crippen molar-refractivity contribution in [2.75, 3.05) is 13.1 Å². The van der Waals surface area contributed by atoms with Crippen LogP contribution in [0.4, 0.5) is 4.39 Å². The Balaban J connectivity index is 2.07. The summed E-state index contributed by atoms with van der Waals surface area (Å²) in [5.74, 6) is 1.20. The van der Waals surface area contributed by atoms with Crippen molar-refractivity contribution >= 4 is 0 Å². The molecule has 126 valence electrons. The minimum Gasteiger partial charge on any atom is -0.387 e. The summed E-state index contributed by atoms with van der Waals surface area (Å²) in [4.78, 5) is 6.62. The van der Waals surface area contributed by atoms with E-state index in [1.54, 1.807) is 12.1 Å². The number of imidazole rings is 1. The number of aliphatic hydroxyl groups excluding tert-OH is 1. The third-order valence-corrected chi connectivity index (χ3v) is 3.82. The molecule has 1 heterocycles. The van der Waals surface area contributed by atoms with Gasteiger partial charge >= 0.3 is 0 Å². The summed E-state index contributed by atoms with van der Waals surface area (Å²) in [6, 6.07) is 6.05. The lowest BCUT2D eigenvalue weighted by molar-refractivity contribution is 0.0994. The van der Waals surface area contributed by atoms with Crippen molar-refractivity contribution in [1.29, 1.82) is 0 Å². The molecule has 4 nitrogen and oxygen atoms in total. The van der Waals surface area contributed by atoms with Gasteiger partial charge in [-0.25, -0.2) is 9.37 Å². The van der Waals surface area contributed by atoms with Crippen LogP contribution < -0.4 is 0 Å². The zero-order chi connectivity index (χ0) is 16.8. The smallest absolute Gasteiger partial charge is 0.123 e. The summed E-state index contributed by atoms with van der Waals surface area (Å²) in [6.07, 6.45) is 3.14. The zero-order valence-corrected chi connectivity index (χ0v) is 14.1. The van der Waals surface area contributed by atoms with Crippen LogP contribution in [0.15, 0.2) is 36.7 Å². The molecular weight excluding hydrogens is 293 g/mol. The molecule has 0 bridgehead atoms. The summed E-state index contributed by atoms with van der Waals surface area (Å²) in [7, 11) is 0. The number of nitrogens with zero attached hydrogens (tertiary/aromatic N) is 3. The van der Waals surface area contributed by atoms with Crippen molar-refractivity contribution in [2.45, 2.75) is 40.0 Å². The van der Waals surface area contributed by atoms with Crippen LogP contribution >= 0.6 is 0 Å². The Hall–Kier alpha value is -1.72. The Morgan fingerprint density at radius 1 is 1.22 bits per heavy atom. The summed E-state index contributed by atoms with van der Waals surface area (Å²) < 4.78 is 15.1. The molecule has 0 spiro atoms. The van der Waals surface area contributed by atoms with Crippen molar-refractivity contribution in [2.24, 2.45) is 5.92 Å². The molecule has 0 saturated carbocycles. The largest absolute Gasteiger partial charge is 0.387 e. The molecule has 0 aliphatic rings. The van der Waals surface area contributed by atoms with Crippen LogP contribution in [0.25, 0.3) is 0 Å². The van der Waals surface area contributed by atoms with E-state index in [9.17, 15) is 9.50 Å². The molecule has 23 heavy (non-hydrogen) atoms. The van der Waals surface area contributed by atoms with E-state index in [2.05, 4.69) is 35.2 Å². The van der Waals surface area contributed by atoms with Crippen LogP contribution in [0.5, 0.6) is 0 Å².